The number of carbonyl (C=O) groups is 1. The average molecular weight is 503 g/mol. The average Bonchev–Trinajstić information content (AvgIpc) is 2.81. The van der Waals surface area contributed by atoms with Gasteiger partial charge in [-0.25, -0.2) is 21.6 Å². The monoisotopic (exact) mass is 502 g/mol. The number of nitrogens with one attached hydrogen (secondary N) is 1. The highest BCUT2D eigenvalue weighted by Crippen LogP contribution is 2.31. The molecule has 3 rings (SSSR count). The number of rotatable bonds is 7. The van der Waals surface area contributed by atoms with E-state index in [4.69, 9.17) is 11.6 Å². The molecule has 0 heterocycles. The van der Waals surface area contributed by atoms with E-state index in [1.807, 2.05) is 0 Å². The predicted molar refractivity (Wildman–Crippen MR) is 120 cm³/mol. The fraction of sp³-hybridized carbons (Fsp3) is 0.435. The maximum Gasteiger partial charge on any atom is 0.256 e. The molecule has 5 nitrogen and oxygen atoms in total. The van der Waals surface area contributed by atoms with E-state index in [1.165, 1.54) is 4.31 Å². The Hall–Kier alpha value is -2.10. The summed E-state index contributed by atoms with van der Waals surface area (Å²) in [6, 6.07) is 7.93. The summed E-state index contributed by atoms with van der Waals surface area (Å²) < 4.78 is 69.2. The maximum atomic E-state index is 14.4. The van der Waals surface area contributed by atoms with Crippen molar-refractivity contribution in [3.8, 4) is 0 Å². The summed E-state index contributed by atoms with van der Waals surface area (Å²) in [7, 11) is -3.60. The Kier molecular flexibility index (Phi) is 8.08. The van der Waals surface area contributed by atoms with Gasteiger partial charge in [0.1, 0.15) is 5.82 Å². The van der Waals surface area contributed by atoms with Crippen molar-refractivity contribution in [3.63, 3.8) is 0 Å². The fourth-order valence-electron chi connectivity index (χ4n) is 4.12. The summed E-state index contributed by atoms with van der Waals surface area (Å²) in [5, 5.41) is 1.77. The Morgan fingerprint density at radius 2 is 1.67 bits per heavy atom. The summed E-state index contributed by atoms with van der Waals surface area (Å²) in [4.78, 5) is 12.8. The van der Waals surface area contributed by atoms with Gasteiger partial charge in [-0.3, -0.25) is 4.79 Å². The zero-order valence-electron chi connectivity index (χ0n) is 18.4. The lowest BCUT2D eigenvalue weighted by molar-refractivity contribution is 0.0915. The number of carbonyl (C=O) groups excluding carboxylic acids is 1. The fourth-order valence-corrected chi connectivity index (χ4v) is 5.92. The molecule has 1 amide bonds. The summed E-state index contributed by atoms with van der Waals surface area (Å²) in [5.41, 5.74) is -1.31. The minimum atomic E-state index is -3.60. The first-order valence-corrected chi connectivity index (χ1v) is 12.6. The molecule has 1 aliphatic rings. The Labute approximate surface area is 197 Å². The van der Waals surface area contributed by atoms with Gasteiger partial charge in [-0.05, 0) is 50.7 Å². The Morgan fingerprint density at radius 3 is 2.24 bits per heavy atom. The summed E-state index contributed by atoms with van der Waals surface area (Å²) >= 11 is 5.70. The van der Waals surface area contributed by atoms with Crippen molar-refractivity contribution in [2.24, 2.45) is 5.92 Å². The van der Waals surface area contributed by atoms with Gasteiger partial charge in [0.15, 0.2) is 11.6 Å². The number of benzene rings is 2. The molecule has 180 valence electrons. The molecule has 2 aromatic rings. The summed E-state index contributed by atoms with van der Waals surface area (Å²) in [6.45, 7) is 3.52. The molecule has 0 aromatic heterocycles. The van der Waals surface area contributed by atoms with E-state index in [0.717, 1.165) is 6.92 Å². The third-order valence-electron chi connectivity index (χ3n) is 6.09. The summed E-state index contributed by atoms with van der Waals surface area (Å²) in [6.07, 6.45) is 2.39. The normalized spacial score (nSPS) is 19.0. The minimum absolute atomic E-state index is 0.0995. The largest absolute Gasteiger partial charge is 0.349 e. The van der Waals surface area contributed by atoms with Gasteiger partial charge in [0.25, 0.3) is 5.91 Å². The van der Waals surface area contributed by atoms with Crippen molar-refractivity contribution in [1.82, 2.24) is 9.62 Å². The van der Waals surface area contributed by atoms with Crippen LogP contribution in [0.1, 0.15) is 48.5 Å². The second kappa shape index (κ2) is 10.4. The van der Waals surface area contributed by atoms with E-state index in [-0.39, 0.29) is 16.9 Å². The maximum absolute atomic E-state index is 14.4. The van der Waals surface area contributed by atoms with Gasteiger partial charge in [0.2, 0.25) is 10.0 Å². The molecule has 2 aromatic carbocycles. The van der Waals surface area contributed by atoms with Gasteiger partial charge in [-0.15, -0.1) is 0 Å². The smallest absolute Gasteiger partial charge is 0.256 e. The predicted octanol–water partition coefficient (Wildman–Crippen LogP) is 5.07. The standard InChI is InChI=1S/C23H26ClF3N2O3S/c1-3-29(33(31,32)17-7-5-4-6-8-17)13-15-9-11-16(12-10-15)28-23(30)18-19(24)22(27)21(26)14(2)20(18)25/h4-8,15-16H,3,9-13H2,1-2H3,(H,28,30). The van der Waals surface area contributed by atoms with Crippen LogP contribution in [-0.2, 0) is 10.0 Å². The van der Waals surface area contributed by atoms with Crippen molar-refractivity contribution in [3.05, 3.63) is 63.9 Å². The molecule has 1 fully saturated rings. The highest BCUT2D eigenvalue weighted by Gasteiger charge is 2.31. The molecule has 0 bridgehead atoms. The van der Waals surface area contributed by atoms with Crippen LogP contribution in [0.3, 0.4) is 0 Å². The van der Waals surface area contributed by atoms with E-state index in [0.29, 0.717) is 38.8 Å². The molecule has 1 saturated carbocycles. The Morgan fingerprint density at radius 1 is 1.06 bits per heavy atom. The van der Waals surface area contributed by atoms with Crippen molar-refractivity contribution in [2.75, 3.05) is 13.1 Å². The van der Waals surface area contributed by atoms with Crippen LogP contribution < -0.4 is 5.32 Å². The zero-order valence-corrected chi connectivity index (χ0v) is 19.9. The van der Waals surface area contributed by atoms with E-state index in [1.54, 1.807) is 37.3 Å². The van der Waals surface area contributed by atoms with Gasteiger partial charge >= 0.3 is 0 Å². The first-order chi connectivity index (χ1) is 15.6. The van der Waals surface area contributed by atoms with Gasteiger partial charge in [0, 0.05) is 24.7 Å². The van der Waals surface area contributed by atoms with Crippen molar-refractivity contribution in [1.29, 1.82) is 0 Å². The number of hydrogen-bond acceptors (Lipinski definition) is 3. The molecule has 1 N–H and O–H groups in total. The Balaban J connectivity index is 1.62. The quantitative estimate of drug-likeness (QED) is 0.425. The van der Waals surface area contributed by atoms with Crippen LogP contribution in [-0.4, -0.2) is 37.8 Å². The van der Waals surface area contributed by atoms with Crippen LogP contribution in [0.15, 0.2) is 35.2 Å². The molecule has 33 heavy (non-hydrogen) atoms. The van der Waals surface area contributed by atoms with Crippen LogP contribution in [0, 0.1) is 30.3 Å². The zero-order chi connectivity index (χ0) is 24.3. The van der Waals surface area contributed by atoms with Crippen LogP contribution >= 0.6 is 11.6 Å². The highest BCUT2D eigenvalue weighted by molar-refractivity contribution is 7.89. The van der Waals surface area contributed by atoms with Crippen LogP contribution in [0.2, 0.25) is 5.02 Å². The molecule has 10 heteroatoms. The van der Waals surface area contributed by atoms with E-state index >= 15 is 0 Å². The van der Waals surface area contributed by atoms with Crippen LogP contribution in [0.25, 0.3) is 0 Å². The lowest BCUT2D eigenvalue weighted by Gasteiger charge is -2.32. The molecule has 0 aliphatic heterocycles. The first-order valence-electron chi connectivity index (χ1n) is 10.8. The number of hydrogen-bond donors (Lipinski definition) is 1. The van der Waals surface area contributed by atoms with E-state index < -0.39 is 49.5 Å². The van der Waals surface area contributed by atoms with Gasteiger partial charge < -0.3 is 5.32 Å². The third kappa shape index (κ3) is 5.36. The molecule has 1 aliphatic carbocycles. The summed E-state index contributed by atoms with van der Waals surface area (Å²) in [5.74, 6) is -4.86. The number of amides is 1. The molecule has 0 atom stereocenters. The lowest BCUT2D eigenvalue weighted by atomic mass is 9.86. The minimum Gasteiger partial charge on any atom is -0.349 e. The van der Waals surface area contributed by atoms with Crippen molar-refractivity contribution < 1.29 is 26.4 Å². The molecule has 0 spiro atoms. The second-order valence-electron chi connectivity index (χ2n) is 8.22. The third-order valence-corrected chi connectivity index (χ3v) is 8.40. The SMILES string of the molecule is CCN(CC1CCC(NC(=O)c2c(F)c(C)c(F)c(F)c2Cl)CC1)S(=O)(=O)c1ccccc1. The van der Waals surface area contributed by atoms with Gasteiger partial charge in [-0.2, -0.15) is 4.31 Å². The van der Waals surface area contributed by atoms with Crippen LogP contribution in [0.4, 0.5) is 13.2 Å². The number of sulfonamides is 1. The first kappa shape index (κ1) is 25.5. The van der Waals surface area contributed by atoms with Crippen LogP contribution in [0.5, 0.6) is 0 Å². The molecular formula is C23H26ClF3N2O3S. The van der Waals surface area contributed by atoms with Crippen molar-refractivity contribution >= 4 is 27.5 Å². The second-order valence-corrected chi connectivity index (χ2v) is 10.5. The van der Waals surface area contributed by atoms with Gasteiger partial charge in [0.05, 0.1) is 15.5 Å². The highest BCUT2D eigenvalue weighted by atomic mass is 35.5. The van der Waals surface area contributed by atoms with Gasteiger partial charge in [-0.1, -0.05) is 36.7 Å². The lowest BCUT2D eigenvalue weighted by Crippen LogP contribution is -2.41. The molecule has 0 radical (unpaired) electrons. The molecule has 0 unspecified atom stereocenters. The number of halogens is 4. The Bertz CT molecular complexity index is 1090. The topological polar surface area (TPSA) is 66.5 Å². The molecular weight excluding hydrogens is 477 g/mol. The van der Waals surface area contributed by atoms with E-state index in [9.17, 15) is 26.4 Å². The van der Waals surface area contributed by atoms with Crippen molar-refractivity contribution in [2.45, 2.75) is 50.5 Å². The molecule has 0 saturated heterocycles. The number of nitrogens with zero attached hydrogens (tertiary/aromatic N) is 1. The van der Waals surface area contributed by atoms with E-state index in [2.05, 4.69) is 5.32 Å².